The standard InChI is InChI=1S/C9H11N3S4/c1-13-8-11-12-9(16-8)15-7(4-10)6-2-3-14-5-6/h2-3,5,7H,4,10H2,1H3. The maximum atomic E-state index is 5.79. The minimum atomic E-state index is 0.286. The van der Waals surface area contributed by atoms with E-state index in [1.165, 1.54) is 5.56 Å². The normalized spacial score (nSPS) is 12.9. The van der Waals surface area contributed by atoms with Gasteiger partial charge in [-0.05, 0) is 28.6 Å². The van der Waals surface area contributed by atoms with Crippen LogP contribution in [0.25, 0.3) is 0 Å². The predicted molar refractivity (Wildman–Crippen MR) is 73.7 cm³/mol. The predicted octanol–water partition coefficient (Wildman–Crippen LogP) is 3.11. The van der Waals surface area contributed by atoms with E-state index < -0.39 is 0 Å². The van der Waals surface area contributed by atoms with Gasteiger partial charge in [-0.2, -0.15) is 11.3 Å². The number of thioether (sulfide) groups is 2. The second-order valence-corrected chi connectivity index (χ2v) is 7.20. The molecule has 0 radical (unpaired) electrons. The van der Waals surface area contributed by atoms with Crippen molar-refractivity contribution in [3.8, 4) is 0 Å². The van der Waals surface area contributed by atoms with Crippen LogP contribution in [0.5, 0.6) is 0 Å². The van der Waals surface area contributed by atoms with Gasteiger partial charge in [0, 0.05) is 11.8 Å². The molecule has 3 nitrogen and oxygen atoms in total. The number of aromatic nitrogens is 2. The molecule has 0 aliphatic heterocycles. The Hall–Kier alpha value is -0.0800. The van der Waals surface area contributed by atoms with E-state index in [4.69, 9.17) is 5.73 Å². The Kier molecular flexibility index (Phi) is 4.66. The first kappa shape index (κ1) is 12.4. The Morgan fingerprint density at radius 3 is 2.81 bits per heavy atom. The zero-order chi connectivity index (χ0) is 11.4. The molecule has 0 bridgehead atoms. The SMILES string of the molecule is CSc1nnc(SC(CN)c2ccsc2)s1. The highest BCUT2D eigenvalue weighted by Gasteiger charge is 2.14. The molecule has 0 saturated heterocycles. The highest BCUT2D eigenvalue weighted by atomic mass is 32.2. The molecule has 2 N–H and O–H groups in total. The lowest BCUT2D eigenvalue weighted by atomic mass is 10.2. The van der Waals surface area contributed by atoms with E-state index in [0.29, 0.717) is 6.54 Å². The van der Waals surface area contributed by atoms with Crippen LogP contribution in [0.1, 0.15) is 10.8 Å². The van der Waals surface area contributed by atoms with Gasteiger partial charge in [0.25, 0.3) is 0 Å². The molecule has 86 valence electrons. The van der Waals surface area contributed by atoms with Gasteiger partial charge in [-0.15, -0.1) is 10.2 Å². The van der Waals surface area contributed by atoms with Crippen molar-refractivity contribution in [2.45, 2.75) is 13.9 Å². The fourth-order valence-electron chi connectivity index (χ4n) is 1.16. The Morgan fingerprint density at radius 2 is 2.25 bits per heavy atom. The van der Waals surface area contributed by atoms with Gasteiger partial charge < -0.3 is 5.73 Å². The van der Waals surface area contributed by atoms with Gasteiger partial charge in [-0.25, -0.2) is 0 Å². The molecule has 0 amide bonds. The quantitative estimate of drug-likeness (QED) is 0.857. The van der Waals surface area contributed by atoms with Crippen molar-refractivity contribution in [1.29, 1.82) is 0 Å². The molecule has 0 spiro atoms. The van der Waals surface area contributed by atoms with Crippen LogP contribution in [0.4, 0.5) is 0 Å². The fraction of sp³-hybridized carbons (Fsp3) is 0.333. The number of nitrogens with zero attached hydrogens (tertiary/aromatic N) is 2. The Morgan fingerprint density at radius 1 is 1.44 bits per heavy atom. The molecule has 0 aromatic carbocycles. The molecule has 0 fully saturated rings. The first-order valence-corrected chi connectivity index (χ1v) is 8.46. The van der Waals surface area contributed by atoms with Gasteiger partial charge in [-0.1, -0.05) is 34.9 Å². The van der Waals surface area contributed by atoms with Crippen LogP contribution < -0.4 is 5.73 Å². The molecule has 0 saturated carbocycles. The molecule has 2 heterocycles. The van der Waals surface area contributed by atoms with Crippen molar-refractivity contribution in [3.05, 3.63) is 22.4 Å². The molecule has 2 rings (SSSR count). The molecule has 16 heavy (non-hydrogen) atoms. The van der Waals surface area contributed by atoms with E-state index in [-0.39, 0.29) is 5.25 Å². The van der Waals surface area contributed by atoms with Crippen molar-refractivity contribution in [2.75, 3.05) is 12.8 Å². The minimum Gasteiger partial charge on any atom is -0.329 e. The van der Waals surface area contributed by atoms with Crippen LogP contribution in [0.3, 0.4) is 0 Å². The average Bonchev–Trinajstić information content (AvgIpc) is 2.96. The van der Waals surface area contributed by atoms with Crippen molar-refractivity contribution in [3.63, 3.8) is 0 Å². The largest absolute Gasteiger partial charge is 0.329 e. The van der Waals surface area contributed by atoms with Crippen LogP contribution in [0.15, 0.2) is 25.5 Å². The molecular weight excluding hydrogens is 278 g/mol. The van der Waals surface area contributed by atoms with E-state index in [9.17, 15) is 0 Å². The summed E-state index contributed by atoms with van der Waals surface area (Å²) in [5.41, 5.74) is 7.06. The number of rotatable bonds is 5. The second-order valence-electron chi connectivity index (χ2n) is 2.94. The number of hydrogen-bond acceptors (Lipinski definition) is 7. The Bertz CT molecular complexity index is 426. The summed E-state index contributed by atoms with van der Waals surface area (Å²) in [5, 5.41) is 12.7. The fourth-order valence-corrected chi connectivity index (χ4v) is 4.61. The second kappa shape index (κ2) is 6.02. The Labute approximate surface area is 111 Å². The van der Waals surface area contributed by atoms with Crippen LogP contribution >= 0.6 is 46.2 Å². The maximum absolute atomic E-state index is 5.79. The lowest BCUT2D eigenvalue weighted by Crippen LogP contribution is -2.08. The van der Waals surface area contributed by atoms with E-state index >= 15 is 0 Å². The summed E-state index contributed by atoms with van der Waals surface area (Å²) >= 11 is 6.64. The highest BCUT2D eigenvalue weighted by Crippen LogP contribution is 2.38. The van der Waals surface area contributed by atoms with Gasteiger partial charge in [0.2, 0.25) is 0 Å². The lowest BCUT2D eigenvalue weighted by molar-refractivity contribution is 0.924. The maximum Gasteiger partial charge on any atom is 0.175 e. The summed E-state index contributed by atoms with van der Waals surface area (Å²) in [6.07, 6.45) is 2.01. The van der Waals surface area contributed by atoms with Crippen LogP contribution in [0, 0.1) is 0 Å². The molecular formula is C9H11N3S4. The third kappa shape index (κ3) is 2.98. The van der Waals surface area contributed by atoms with Gasteiger partial charge in [-0.3, -0.25) is 0 Å². The third-order valence-corrected chi connectivity index (χ3v) is 5.90. The monoisotopic (exact) mass is 289 g/mol. The van der Waals surface area contributed by atoms with Gasteiger partial charge >= 0.3 is 0 Å². The molecule has 1 atom stereocenters. The summed E-state index contributed by atoms with van der Waals surface area (Å²) in [5.74, 6) is 0. The molecule has 1 unspecified atom stereocenters. The lowest BCUT2D eigenvalue weighted by Gasteiger charge is -2.09. The number of hydrogen-bond donors (Lipinski definition) is 1. The summed E-state index contributed by atoms with van der Waals surface area (Å²) < 4.78 is 1.99. The van der Waals surface area contributed by atoms with Crippen LogP contribution in [-0.4, -0.2) is 23.0 Å². The van der Waals surface area contributed by atoms with Gasteiger partial charge in [0.1, 0.15) is 0 Å². The van der Waals surface area contributed by atoms with Gasteiger partial charge in [0.15, 0.2) is 8.68 Å². The van der Waals surface area contributed by atoms with E-state index in [2.05, 4.69) is 27.0 Å². The highest BCUT2D eigenvalue weighted by molar-refractivity contribution is 8.03. The number of thiophene rings is 1. The van der Waals surface area contributed by atoms with Crippen LogP contribution in [0.2, 0.25) is 0 Å². The molecule has 7 heteroatoms. The van der Waals surface area contributed by atoms with Crippen LogP contribution in [-0.2, 0) is 0 Å². The first-order valence-electron chi connectivity index (χ1n) is 4.59. The molecule has 2 aromatic heterocycles. The topological polar surface area (TPSA) is 51.8 Å². The zero-order valence-electron chi connectivity index (χ0n) is 8.62. The summed E-state index contributed by atoms with van der Waals surface area (Å²) in [4.78, 5) is 0. The van der Waals surface area contributed by atoms with Crippen molar-refractivity contribution in [1.82, 2.24) is 10.2 Å². The molecule has 0 aliphatic carbocycles. The summed E-state index contributed by atoms with van der Waals surface area (Å²) in [7, 11) is 0. The van der Waals surface area contributed by atoms with E-state index in [1.807, 2.05) is 6.26 Å². The van der Waals surface area contributed by atoms with E-state index in [0.717, 1.165) is 8.68 Å². The summed E-state index contributed by atoms with van der Waals surface area (Å²) in [6.45, 7) is 0.621. The van der Waals surface area contributed by atoms with Crippen molar-refractivity contribution in [2.24, 2.45) is 5.73 Å². The molecule has 0 aliphatic rings. The minimum absolute atomic E-state index is 0.286. The first-order chi connectivity index (χ1) is 7.83. The van der Waals surface area contributed by atoms with Crippen molar-refractivity contribution >= 4 is 46.2 Å². The number of nitrogens with two attached hydrogens (primary N) is 1. The van der Waals surface area contributed by atoms with Crippen molar-refractivity contribution < 1.29 is 0 Å². The molecule has 2 aromatic rings. The smallest absolute Gasteiger partial charge is 0.175 e. The van der Waals surface area contributed by atoms with E-state index in [1.54, 1.807) is 46.2 Å². The average molecular weight is 289 g/mol. The summed E-state index contributed by atoms with van der Waals surface area (Å²) in [6, 6.07) is 2.12. The zero-order valence-corrected chi connectivity index (χ0v) is 11.9. The van der Waals surface area contributed by atoms with Gasteiger partial charge in [0.05, 0.1) is 0 Å². The Balaban J connectivity index is 2.07. The third-order valence-electron chi connectivity index (χ3n) is 1.93.